The van der Waals surface area contributed by atoms with E-state index in [1.807, 2.05) is 19.4 Å². The average Bonchev–Trinajstić information content (AvgIpc) is 2.71. The summed E-state index contributed by atoms with van der Waals surface area (Å²) in [5.74, 6) is 0.920. The molecule has 5 heteroatoms. The van der Waals surface area contributed by atoms with Crippen LogP contribution >= 0.6 is 0 Å². The summed E-state index contributed by atoms with van der Waals surface area (Å²) in [7, 11) is 1.90. The van der Waals surface area contributed by atoms with Crippen LogP contribution in [0.15, 0.2) is 24.9 Å². The highest BCUT2D eigenvalue weighted by Crippen LogP contribution is 2.02. The summed E-state index contributed by atoms with van der Waals surface area (Å²) in [6, 6.07) is 0. The highest BCUT2D eigenvalue weighted by molar-refractivity contribution is 5.31. The molecule has 0 aromatic carbocycles. The van der Waals surface area contributed by atoms with Crippen molar-refractivity contribution in [2.24, 2.45) is 7.05 Å². The third kappa shape index (κ3) is 1.87. The minimum absolute atomic E-state index is 0.760. The summed E-state index contributed by atoms with van der Waals surface area (Å²) in [6.45, 7) is 0.760. The Morgan fingerprint density at radius 1 is 1.54 bits per heavy atom. The lowest BCUT2D eigenvalue weighted by Gasteiger charge is -1.98. The second-order valence-corrected chi connectivity index (χ2v) is 2.84. The normalized spacial score (nSPS) is 10.2. The summed E-state index contributed by atoms with van der Waals surface area (Å²) in [6.07, 6.45) is 7.20. The number of hydrogen-bond acceptors (Lipinski definition) is 3. The van der Waals surface area contributed by atoms with Crippen molar-refractivity contribution in [3.8, 4) is 0 Å². The molecule has 2 N–H and O–H groups in total. The topological polar surface area (TPSA) is 58.5 Å². The van der Waals surface area contributed by atoms with Gasteiger partial charge in [0.15, 0.2) is 0 Å². The van der Waals surface area contributed by atoms with Crippen LogP contribution in [0.4, 0.5) is 5.82 Å². The first kappa shape index (κ1) is 7.85. The Kier molecular flexibility index (Phi) is 1.99. The molecule has 0 atom stereocenters. The van der Waals surface area contributed by atoms with Crippen LogP contribution in [0.3, 0.4) is 0 Å². The average molecular weight is 177 g/mol. The number of nitrogens with one attached hydrogen (secondary N) is 2. The minimum atomic E-state index is 0.760. The zero-order valence-corrected chi connectivity index (χ0v) is 7.36. The van der Waals surface area contributed by atoms with Crippen LogP contribution in [0.25, 0.3) is 0 Å². The van der Waals surface area contributed by atoms with Gasteiger partial charge in [0.1, 0.15) is 5.82 Å². The molecule has 2 heterocycles. The van der Waals surface area contributed by atoms with Crippen molar-refractivity contribution in [1.29, 1.82) is 0 Å². The molecule has 0 fully saturated rings. The lowest BCUT2D eigenvalue weighted by molar-refractivity contribution is 0.767. The largest absolute Gasteiger partial charge is 0.366 e. The Bertz CT molecular complexity index is 362. The van der Waals surface area contributed by atoms with Crippen LogP contribution in [0.5, 0.6) is 0 Å². The first-order chi connectivity index (χ1) is 6.34. The van der Waals surface area contributed by atoms with Gasteiger partial charge in [-0.15, -0.1) is 0 Å². The van der Waals surface area contributed by atoms with Crippen molar-refractivity contribution in [2.75, 3.05) is 5.32 Å². The van der Waals surface area contributed by atoms with Gasteiger partial charge in [0.05, 0.1) is 18.7 Å². The van der Waals surface area contributed by atoms with E-state index in [2.05, 4.69) is 20.4 Å². The number of rotatable bonds is 3. The number of H-pyrrole nitrogens is 1. The number of hydrogen-bond donors (Lipinski definition) is 2. The van der Waals surface area contributed by atoms with Crippen LogP contribution in [0.2, 0.25) is 0 Å². The zero-order valence-electron chi connectivity index (χ0n) is 7.36. The summed E-state index contributed by atoms with van der Waals surface area (Å²) < 4.78 is 1.78. The molecule has 2 aromatic heterocycles. The van der Waals surface area contributed by atoms with Crippen molar-refractivity contribution in [3.63, 3.8) is 0 Å². The van der Waals surface area contributed by atoms with Gasteiger partial charge in [-0.25, -0.2) is 4.98 Å². The van der Waals surface area contributed by atoms with E-state index in [-0.39, 0.29) is 0 Å². The second-order valence-electron chi connectivity index (χ2n) is 2.84. The molecular formula is C8H11N5. The molecule has 0 bridgehead atoms. The molecule has 0 unspecified atom stereocenters. The van der Waals surface area contributed by atoms with Crippen LogP contribution in [-0.4, -0.2) is 19.7 Å². The predicted molar refractivity (Wildman–Crippen MR) is 49.1 cm³/mol. The molecule has 0 aliphatic rings. The number of aromatic nitrogens is 4. The third-order valence-corrected chi connectivity index (χ3v) is 1.74. The Balaban J connectivity index is 1.93. The van der Waals surface area contributed by atoms with Gasteiger partial charge in [0.25, 0.3) is 0 Å². The Morgan fingerprint density at radius 3 is 3.08 bits per heavy atom. The van der Waals surface area contributed by atoms with Crippen LogP contribution < -0.4 is 5.32 Å². The SMILES string of the molecule is Cn1cc(CNc2cnc[nH]2)cn1. The third-order valence-electron chi connectivity index (χ3n) is 1.74. The summed E-state index contributed by atoms with van der Waals surface area (Å²) in [5, 5.41) is 7.25. The second kappa shape index (κ2) is 3.30. The smallest absolute Gasteiger partial charge is 0.123 e. The fourth-order valence-corrected chi connectivity index (χ4v) is 1.11. The molecule has 2 aromatic rings. The van der Waals surface area contributed by atoms with Crippen molar-refractivity contribution < 1.29 is 0 Å². The number of nitrogens with zero attached hydrogens (tertiary/aromatic N) is 3. The summed E-state index contributed by atoms with van der Waals surface area (Å²) in [5.41, 5.74) is 1.15. The first-order valence-electron chi connectivity index (χ1n) is 4.04. The molecule has 0 spiro atoms. The Morgan fingerprint density at radius 2 is 2.46 bits per heavy atom. The van der Waals surface area contributed by atoms with Crippen molar-refractivity contribution in [2.45, 2.75) is 6.54 Å². The van der Waals surface area contributed by atoms with Gasteiger partial charge < -0.3 is 10.3 Å². The number of aryl methyl sites for hydroxylation is 1. The van der Waals surface area contributed by atoms with Gasteiger partial charge in [-0.1, -0.05) is 0 Å². The van der Waals surface area contributed by atoms with Crippen molar-refractivity contribution in [1.82, 2.24) is 19.7 Å². The van der Waals surface area contributed by atoms with Gasteiger partial charge >= 0.3 is 0 Å². The van der Waals surface area contributed by atoms with Crippen LogP contribution in [0, 0.1) is 0 Å². The molecule has 0 aliphatic heterocycles. The quantitative estimate of drug-likeness (QED) is 0.727. The van der Waals surface area contributed by atoms with Gasteiger partial charge in [-0.05, 0) is 0 Å². The highest BCUT2D eigenvalue weighted by atomic mass is 15.2. The van der Waals surface area contributed by atoms with E-state index < -0.39 is 0 Å². The van der Waals surface area contributed by atoms with E-state index >= 15 is 0 Å². The predicted octanol–water partition coefficient (Wildman–Crippen LogP) is 0.755. The monoisotopic (exact) mass is 177 g/mol. The van der Waals surface area contributed by atoms with Gasteiger partial charge in [0, 0.05) is 25.4 Å². The van der Waals surface area contributed by atoms with E-state index in [1.165, 1.54) is 0 Å². The van der Waals surface area contributed by atoms with E-state index in [4.69, 9.17) is 0 Å². The van der Waals surface area contributed by atoms with Gasteiger partial charge in [0.2, 0.25) is 0 Å². The van der Waals surface area contributed by atoms with Gasteiger partial charge in [-0.3, -0.25) is 4.68 Å². The van der Waals surface area contributed by atoms with Crippen LogP contribution in [-0.2, 0) is 13.6 Å². The summed E-state index contributed by atoms with van der Waals surface area (Å²) in [4.78, 5) is 6.87. The van der Waals surface area contributed by atoms with Crippen molar-refractivity contribution >= 4 is 5.82 Å². The molecule has 0 radical (unpaired) electrons. The summed E-state index contributed by atoms with van der Waals surface area (Å²) >= 11 is 0. The number of anilines is 1. The molecular weight excluding hydrogens is 166 g/mol. The van der Waals surface area contributed by atoms with Crippen LogP contribution in [0.1, 0.15) is 5.56 Å². The molecule has 0 saturated heterocycles. The molecule has 0 amide bonds. The van der Waals surface area contributed by atoms with Gasteiger partial charge in [-0.2, -0.15) is 5.10 Å². The lowest BCUT2D eigenvalue weighted by atomic mass is 10.3. The lowest BCUT2D eigenvalue weighted by Crippen LogP contribution is -1.98. The van der Waals surface area contributed by atoms with E-state index in [0.29, 0.717) is 0 Å². The first-order valence-corrected chi connectivity index (χ1v) is 4.04. The maximum absolute atomic E-state index is 4.07. The zero-order chi connectivity index (χ0) is 9.10. The van der Waals surface area contributed by atoms with E-state index in [0.717, 1.165) is 17.9 Å². The maximum Gasteiger partial charge on any atom is 0.123 e. The van der Waals surface area contributed by atoms with Crippen molar-refractivity contribution in [3.05, 3.63) is 30.5 Å². The minimum Gasteiger partial charge on any atom is -0.366 e. The molecule has 2 rings (SSSR count). The fraction of sp³-hybridized carbons (Fsp3) is 0.250. The number of aromatic amines is 1. The van der Waals surface area contributed by atoms with E-state index in [1.54, 1.807) is 17.2 Å². The van der Waals surface area contributed by atoms with E-state index in [9.17, 15) is 0 Å². The maximum atomic E-state index is 4.07. The molecule has 0 saturated carbocycles. The molecule has 5 nitrogen and oxygen atoms in total. The Hall–Kier alpha value is -1.78. The molecule has 0 aliphatic carbocycles. The molecule has 13 heavy (non-hydrogen) atoms. The molecule has 68 valence electrons. The highest BCUT2D eigenvalue weighted by Gasteiger charge is 1.96. The fourth-order valence-electron chi connectivity index (χ4n) is 1.11. The Labute approximate surface area is 75.8 Å². The number of imidazole rings is 1. The standard InChI is InChI=1S/C8H11N5/c1-13-5-7(3-12-13)2-10-8-4-9-6-11-8/h3-6,10H,2H2,1H3,(H,9,11).